The van der Waals surface area contributed by atoms with Crippen molar-refractivity contribution in [3.63, 3.8) is 0 Å². The normalized spacial score (nSPS) is 22.0. The summed E-state index contributed by atoms with van der Waals surface area (Å²) >= 11 is 0. The molecule has 1 nitrogen and oxygen atoms in total. The molecule has 2 aromatic carbocycles. The highest BCUT2D eigenvalue weighted by Gasteiger charge is 2.29. The van der Waals surface area contributed by atoms with E-state index in [0.29, 0.717) is 17.8 Å². The summed E-state index contributed by atoms with van der Waals surface area (Å²) in [6, 6.07) is 15.9. The Kier molecular flexibility index (Phi) is 5.35. The standard InChI is InChI=1S/C22H28FN/c1-16(2)20-6-4-5-7-21(20)22-15-24(13-12-17(22)3)14-18-8-10-19(23)11-9-18/h4-11,16-17,22H,12-15H2,1-3H3. The average molecular weight is 325 g/mol. The lowest BCUT2D eigenvalue weighted by atomic mass is 9.78. The largest absolute Gasteiger partial charge is 0.298 e. The van der Waals surface area contributed by atoms with Crippen LogP contribution in [0, 0.1) is 11.7 Å². The Labute approximate surface area is 145 Å². The molecule has 0 aliphatic carbocycles. The molecule has 1 aliphatic heterocycles. The van der Waals surface area contributed by atoms with Gasteiger partial charge >= 0.3 is 0 Å². The van der Waals surface area contributed by atoms with Crippen LogP contribution in [0.15, 0.2) is 48.5 Å². The van der Waals surface area contributed by atoms with Gasteiger partial charge in [0.2, 0.25) is 0 Å². The second kappa shape index (κ2) is 7.48. The lowest BCUT2D eigenvalue weighted by molar-refractivity contribution is 0.159. The Bertz CT molecular complexity index is 662. The molecule has 0 spiro atoms. The van der Waals surface area contributed by atoms with Crippen LogP contribution in [0.3, 0.4) is 0 Å². The number of halogens is 1. The number of likely N-dealkylation sites (tertiary alicyclic amines) is 1. The SMILES string of the molecule is CC(C)c1ccccc1C1CN(Cc2ccc(F)cc2)CCC1C. The van der Waals surface area contributed by atoms with Crippen molar-refractivity contribution in [3.8, 4) is 0 Å². The summed E-state index contributed by atoms with van der Waals surface area (Å²) in [5.74, 6) is 1.68. The van der Waals surface area contributed by atoms with E-state index in [0.717, 1.165) is 19.6 Å². The maximum absolute atomic E-state index is 13.1. The number of nitrogens with zero attached hydrogens (tertiary/aromatic N) is 1. The third-order valence-corrected chi connectivity index (χ3v) is 5.38. The van der Waals surface area contributed by atoms with Crippen LogP contribution >= 0.6 is 0 Å². The number of hydrogen-bond acceptors (Lipinski definition) is 1. The van der Waals surface area contributed by atoms with E-state index >= 15 is 0 Å². The highest BCUT2D eigenvalue weighted by Crippen LogP contribution is 2.36. The van der Waals surface area contributed by atoms with Crippen molar-refractivity contribution < 1.29 is 4.39 Å². The van der Waals surface area contributed by atoms with Crippen molar-refractivity contribution in [3.05, 3.63) is 71.0 Å². The van der Waals surface area contributed by atoms with Crippen LogP contribution in [0.25, 0.3) is 0 Å². The fourth-order valence-electron chi connectivity index (χ4n) is 3.91. The first-order chi connectivity index (χ1) is 11.5. The minimum Gasteiger partial charge on any atom is -0.298 e. The van der Waals surface area contributed by atoms with Crippen molar-refractivity contribution in [2.24, 2.45) is 5.92 Å². The fourth-order valence-corrected chi connectivity index (χ4v) is 3.91. The van der Waals surface area contributed by atoms with E-state index in [1.165, 1.54) is 23.1 Å². The summed E-state index contributed by atoms with van der Waals surface area (Å²) < 4.78 is 13.1. The third-order valence-electron chi connectivity index (χ3n) is 5.38. The van der Waals surface area contributed by atoms with Crippen LogP contribution in [-0.2, 0) is 6.54 Å². The van der Waals surface area contributed by atoms with E-state index in [9.17, 15) is 4.39 Å². The van der Waals surface area contributed by atoms with Crippen LogP contribution in [0.5, 0.6) is 0 Å². The molecule has 0 amide bonds. The van der Waals surface area contributed by atoms with Crippen LogP contribution in [0.1, 0.15) is 55.7 Å². The van der Waals surface area contributed by atoms with Crippen molar-refractivity contribution >= 4 is 0 Å². The molecule has 2 unspecified atom stereocenters. The minimum atomic E-state index is -0.158. The van der Waals surface area contributed by atoms with E-state index in [2.05, 4.69) is 49.9 Å². The third kappa shape index (κ3) is 3.87. The molecule has 128 valence electrons. The van der Waals surface area contributed by atoms with Gasteiger partial charge in [0.15, 0.2) is 0 Å². The Morgan fingerprint density at radius 3 is 2.50 bits per heavy atom. The molecule has 3 rings (SSSR count). The second-order valence-electron chi connectivity index (χ2n) is 7.52. The van der Waals surface area contributed by atoms with Gasteiger partial charge in [0, 0.05) is 13.1 Å². The molecule has 2 aromatic rings. The van der Waals surface area contributed by atoms with Gasteiger partial charge in [0.1, 0.15) is 5.82 Å². The van der Waals surface area contributed by atoms with E-state index < -0.39 is 0 Å². The molecule has 1 heterocycles. The maximum atomic E-state index is 13.1. The first kappa shape index (κ1) is 17.2. The zero-order valence-electron chi connectivity index (χ0n) is 15.0. The van der Waals surface area contributed by atoms with E-state index in [4.69, 9.17) is 0 Å². The van der Waals surface area contributed by atoms with Gasteiger partial charge in [0.05, 0.1) is 0 Å². The molecule has 1 saturated heterocycles. The number of piperidine rings is 1. The molecule has 2 atom stereocenters. The van der Waals surface area contributed by atoms with Gasteiger partial charge in [-0.3, -0.25) is 4.90 Å². The second-order valence-corrected chi connectivity index (χ2v) is 7.52. The van der Waals surface area contributed by atoms with E-state index in [-0.39, 0.29) is 5.82 Å². The first-order valence-corrected chi connectivity index (χ1v) is 9.10. The summed E-state index contributed by atoms with van der Waals surface area (Å²) in [6.07, 6.45) is 1.22. The van der Waals surface area contributed by atoms with Crippen LogP contribution in [-0.4, -0.2) is 18.0 Å². The van der Waals surface area contributed by atoms with Gasteiger partial charge in [-0.15, -0.1) is 0 Å². The van der Waals surface area contributed by atoms with Gasteiger partial charge in [-0.25, -0.2) is 4.39 Å². The smallest absolute Gasteiger partial charge is 0.123 e. The molecule has 1 fully saturated rings. The maximum Gasteiger partial charge on any atom is 0.123 e. The van der Waals surface area contributed by atoms with E-state index in [1.807, 2.05) is 12.1 Å². The van der Waals surface area contributed by atoms with Crippen molar-refractivity contribution in [1.82, 2.24) is 4.90 Å². The molecule has 0 aromatic heterocycles. The number of hydrogen-bond donors (Lipinski definition) is 0. The fraction of sp³-hybridized carbons (Fsp3) is 0.455. The molecule has 0 saturated carbocycles. The molecule has 2 heteroatoms. The predicted molar refractivity (Wildman–Crippen MR) is 98.7 cm³/mol. The lowest BCUT2D eigenvalue weighted by Crippen LogP contribution is -2.38. The minimum absolute atomic E-state index is 0.158. The summed E-state index contributed by atoms with van der Waals surface area (Å²) in [5, 5.41) is 0. The summed E-state index contributed by atoms with van der Waals surface area (Å²) in [6.45, 7) is 10.1. The Morgan fingerprint density at radius 2 is 1.79 bits per heavy atom. The molecule has 1 aliphatic rings. The zero-order chi connectivity index (χ0) is 17.1. The van der Waals surface area contributed by atoms with Gasteiger partial charge in [0.25, 0.3) is 0 Å². The van der Waals surface area contributed by atoms with Gasteiger partial charge < -0.3 is 0 Å². The average Bonchev–Trinajstić information content (AvgIpc) is 2.58. The molecule has 0 radical (unpaired) electrons. The topological polar surface area (TPSA) is 3.24 Å². The summed E-state index contributed by atoms with van der Waals surface area (Å²) in [7, 11) is 0. The van der Waals surface area contributed by atoms with Gasteiger partial charge in [-0.1, -0.05) is 57.2 Å². The molecular weight excluding hydrogens is 297 g/mol. The van der Waals surface area contributed by atoms with E-state index in [1.54, 1.807) is 12.1 Å². The first-order valence-electron chi connectivity index (χ1n) is 9.10. The summed E-state index contributed by atoms with van der Waals surface area (Å²) in [5.41, 5.74) is 4.20. The van der Waals surface area contributed by atoms with Crippen LogP contribution in [0.4, 0.5) is 4.39 Å². The molecule has 0 N–H and O–H groups in total. The quantitative estimate of drug-likeness (QED) is 0.710. The van der Waals surface area contributed by atoms with Crippen molar-refractivity contribution in [1.29, 1.82) is 0 Å². The monoisotopic (exact) mass is 325 g/mol. The van der Waals surface area contributed by atoms with Crippen molar-refractivity contribution in [2.45, 2.75) is 45.6 Å². The zero-order valence-corrected chi connectivity index (χ0v) is 15.0. The predicted octanol–water partition coefficient (Wildman–Crippen LogP) is 5.57. The highest BCUT2D eigenvalue weighted by molar-refractivity contribution is 5.34. The Morgan fingerprint density at radius 1 is 1.08 bits per heavy atom. The molecular formula is C22H28FN. The highest BCUT2D eigenvalue weighted by atomic mass is 19.1. The van der Waals surface area contributed by atoms with Crippen LogP contribution < -0.4 is 0 Å². The summed E-state index contributed by atoms with van der Waals surface area (Å²) in [4.78, 5) is 2.52. The van der Waals surface area contributed by atoms with Gasteiger partial charge in [-0.2, -0.15) is 0 Å². The number of rotatable bonds is 4. The Balaban J connectivity index is 1.77. The lowest BCUT2D eigenvalue weighted by Gasteiger charge is -2.38. The molecule has 0 bridgehead atoms. The number of benzene rings is 2. The van der Waals surface area contributed by atoms with Crippen LogP contribution in [0.2, 0.25) is 0 Å². The molecule has 24 heavy (non-hydrogen) atoms. The Hall–Kier alpha value is -1.67. The van der Waals surface area contributed by atoms with Gasteiger partial charge in [-0.05, 0) is 59.5 Å². The van der Waals surface area contributed by atoms with Crippen molar-refractivity contribution in [2.75, 3.05) is 13.1 Å².